The fraction of sp³-hybridized carbons (Fsp3) is 0.350. The Bertz CT molecular complexity index is 813. The van der Waals surface area contributed by atoms with Crippen LogP contribution in [0.4, 0.5) is 0 Å². The summed E-state index contributed by atoms with van der Waals surface area (Å²) >= 11 is 8.22. The zero-order chi connectivity index (χ0) is 17.9. The number of hydrogen-bond acceptors (Lipinski definition) is 4. The molecule has 2 aromatic rings. The van der Waals surface area contributed by atoms with E-state index in [4.69, 9.17) is 21.1 Å². The molecule has 0 N–H and O–H groups in total. The Kier molecular flexibility index (Phi) is 5.27. The summed E-state index contributed by atoms with van der Waals surface area (Å²) in [6.07, 6.45) is 0.881. The van der Waals surface area contributed by atoms with Crippen LogP contribution in [0.25, 0.3) is 0 Å². The lowest BCUT2D eigenvalue weighted by atomic mass is 10.1. The van der Waals surface area contributed by atoms with Gasteiger partial charge in [0, 0.05) is 29.1 Å². The molecule has 0 saturated carbocycles. The molecule has 2 aliphatic rings. The van der Waals surface area contributed by atoms with E-state index in [0.29, 0.717) is 42.1 Å². The van der Waals surface area contributed by atoms with Gasteiger partial charge >= 0.3 is 0 Å². The van der Waals surface area contributed by atoms with E-state index in [2.05, 4.69) is 6.07 Å². The standard InChI is InChI=1S/C20H20ClNO3S/c21-16-6-2-1-4-14(16)18-8-9-22(10-13-26-18)20(23)15-5-3-7-17-19(15)25-12-11-24-17/h1-7,18H,8-13H2. The van der Waals surface area contributed by atoms with Gasteiger partial charge < -0.3 is 14.4 Å². The predicted octanol–water partition coefficient (Wildman–Crippen LogP) is 4.43. The first-order valence-electron chi connectivity index (χ1n) is 8.78. The third kappa shape index (κ3) is 3.51. The van der Waals surface area contributed by atoms with Crippen LogP contribution in [-0.2, 0) is 0 Å². The van der Waals surface area contributed by atoms with Crippen LogP contribution in [0.5, 0.6) is 11.5 Å². The average molecular weight is 390 g/mol. The molecule has 1 saturated heterocycles. The molecule has 4 rings (SSSR count). The maximum absolute atomic E-state index is 13.1. The summed E-state index contributed by atoms with van der Waals surface area (Å²) in [6.45, 7) is 2.41. The number of nitrogens with zero attached hydrogens (tertiary/aromatic N) is 1. The van der Waals surface area contributed by atoms with E-state index in [0.717, 1.165) is 29.3 Å². The van der Waals surface area contributed by atoms with Gasteiger partial charge in [-0.05, 0) is 30.2 Å². The Balaban J connectivity index is 1.51. The van der Waals surface area contributed by atoms with Crippen molar-refractivity contribution in [3.63, 3.8) is 0 Å². The van der Waals surface area contributed by atoms with E-state index in [-0.39, 0.29) is 5.91 Å². The summed E-state index contributed by atoms with van der Waals surface area (Å²) in [5.74, 6) is 2.12. The second kappa shape index (κ2) is 7.80. The summed E-state index contributed by atoms with van der Waals surface area (Å²) in [7, 11) is 0. The summed E-state index contributed by atoms with van der Waals surface area (Å²) in [6, 6.07) is 13.5. The summed E-state index contributed by atoms with van der Waals surface area (Å²) in [5, 5.41) is 1.11. The molecule has 6 heteroatoms. The van der Waals surface area contributed by atoms with Crippen LogP contribution >= 0.6 is 23.4 Å². The number of amides is 1. The Morgan fingerprint density at radius 3 is 2.81 bits per heavy atom. The molecule has 0 radical (unpaired) electrons. The van der Waals surface area contributed by atoms with Crippen molar-refractivity contribution < 1.29 is 14.3 Å². The van der Waals surface area contributed by atoms with Gasteiger partial charge in [-0.3, -0.25) is 4.79 Å². The van der Waals surface area contributed by atoms with E-state index in [1.54, 1.807) is 0 Å². The lowest BCUT2D eigenvalue weighted by molar-refractivity contribution is 0.0756. The topological polar surface area (TPSA) is 38.8 Å². The quantitative estimate of drug-likeness (QED) is 0.761. The van der Waals surface area contributed by atoms with Gasteiger partial charge in [0.15, 0.2) is 11.5 Å². The minimum Gasteiger partial charge on any atom is -0.486 e. The van der Waals surface area contributed by atoms with Crippen molar-refractivity contribution >= 4 is 29.3 Å². The lowest BCUT2D eigenvalue weighted by Gasteiger charge is -2.24. The highest BCUT2D eigenvalue weighted by Crippen LogP contribution is 2.39. The second-order valence-electron chi connectivity index (χ2n) is 6.29. The first-order chi connectivity index (χ1) is 12.7. The fourth-order valence-corrected chi connectivity index (χ4v) is 4.97. The third-order valence-corrected chi connectivity index (χ3v) is 6.33. The smallest absolute Gasteiger partial charge is 0.257 e. The van der Waals surface area contributed by atoms with Crippen molar-refractivity contribution in [3.8, 4) is 11.5 Å². The van der Waals surface area contributed by atoms with Gasteiger partial charge in [-0.25, -0.2) is 0 Å². The minimum atomic E-state index is 0.00718. The van der Waals surface area contributed by atoms with Gasteiger partial charge in [-0.1, -0.05) is 35.9 Å². The summed E-state index contributed by atoms with van der Waals surface area (Å²) in [4.78, 5) is 15.0. The summed E-state index contributed by atoms with van der Waals surface area (Å²) in [5.41, 5.74) is 1.74. The molecule has 0 spiro atoms. The van der Waals surface area contributed by atoms with Gasteiger partial charge in [0.25, 0.3) is 5.91 Å². The molecule has 1 fully saturated rings. The van der Waals surface area contributed by atoms with Crippen molar-refractivity contribution in [1.29, 1.82) is 0 Å². The first-order valence-corrected chi connectivity index (χ1v) is 10.2. The van der Waals surface area contributed by atoms with Gasteiger partial charge in [-0.2, -0.15) is 11.8 Å². The molecule has 4 nitrogen and oxygen atoms in total. The predicted molar refractivity (Wildman–Crippen MR) is 105 cm³/mol. The number of carbonyl (C=O) groups is 1. The van der Waals surface area contributed by atoms with Crippen molar-refractivity contribution in [2.24, 2.45) is 0 Å². The lowest BCUT2D eigenvalue weighted by Crippen LogP contribution is -2.33. The van der Waals surface area contributed by atoms with Crippen LogP contribution in [0.2, 0.25) is 5.02 Å². The molecule has 1 amide bonds. The van der Waals surface area contributed by atoms with Crippen LogP contribution in [0.3, 0.4) is 0 Å². The van der Waals surface area contributed by atoms with Gasteiger partial charge in [0.05, 0.1) is 5.56 Å². The molecule has 26 heavy (non-hydrogen) atoms. The molecule has 0 aromatic heterocycles. The van der Waals surface area contributed by atoms with Gasteiger partial charge in [0.2, 0.25) is 0 Å². The SMILES string of the molecule is O=C(c1cccc2c1OCCO2)N1CCSC(c2ccccc2Cl)CC1. The van der Waals surface area contributed by atoms with E-state index in [1.165, 1.54) is 0 Å². The molecule has 2 aromatic carbocycles. The number of carbonyl (C=O) groups excluding carboxylic acids is 1. The molecule has 136 valence electrons. The van der Waals surface area contributed by atoms with Crippen LogP contribution in [0.15, 0.2) is 42.5 Å². The number of para-hydroxylation sites is 1. The van der Waals surface area contributed by atoms with Crippen molar-refractivity contribution in [2.45, 2.75) is 11.7 Å². The average Bonchev–Trinajstić information content (AvgIpc) is 2.93. The monoisotopic (exact) mass is 389 g/mol. The van der Waals surface area contributed by atoms with Gasteiger partial charge in [-0.15, -0.1) is 0 Å². The number of thioether (sulfide) groups is 1. The Hall–Kier alpha value is -1.85. The maximum atomic E-state index is 13.1. The van der Waals surface area contributed by atoms with Crippen LogP contribution in [-0.4, -0.2) is 42.9 Å². The first kappa shape index (κ1) is 17.6. The van der Waals surface area contributed by atoms with Crippen LogP contribution in [0, 0.1) is 0 Å². The number of hydrogen-bond donors (Lipinski definition) is 0. The third-order valence-electron chi connectivity index (χ3n) is 4.68. The molecule has 1 atom stereocenters. The molecule has 2 aliphatic heterocycles. The zero-order valence-electron chi connectivity index (χ0n) is 14.3. The molecule has 2 heterocycles. The number of ether oxygens (including phenoxy) is 2. The number of benzene rings is 2. The largest absolute Gasteiger partial charge is 0.486 e. The molecule has 0 aliphatic carbocycles. The highest BCUT2D eigenvalue weighted by atomic mass is 35.5. The molecule has 1 unspecified atom stereocenters. The van der Waals surface area contributed by atoms with Crippen LogP contribution < -0.4 is 9.47 Å². The van der Waals surface area contributed by atoms with Crippen molar-refractivity contribution in [3.05, 3.63) is 58.6 Å². The minimum absolute atomic E-state index is 0.00718. The zero-order valence-corrected chi connectivity index (χ0v) is 15.9. The molecular formula is C20H20ClNO3S. The number of rotatable bonds is 2. The number of fused-ring (bicyclic) bond motifs is 1. The number of halogens is 1. The molecular weight excluding hydrogens is 370 g/mol. The van der Waals surface area contributed by atoms with Crippen molar-refractivity contribution in [1.82, 2.24) is 4.90 Å². The highest BCUT2D eigenvalue weighted by molar-refractivity contribution is 7.99. The molecule has 0 bridgehead atoms. The van der Waals surface area contributed by atoms with E-state index >= 15 is 0 Å². The Morgan fingerprint density at radius 2 is 1.92 bits per heavy atom. The van der Waals surface area contributed by atoms with E-state index < -0.39 is 0 Å². The van der Waals surface area contributed by atoms with Crippen LogP contribution in [0.1, 0.15) is 27.6 Å². The van der Waals surface area contributed by atoms with Gasteiger partial charge in [0.1, 0.15) is 13.2 Å². The Labute approximate surface area is 162 Å². The van der Waals surface area contributed by atoms with E-state index in [9.17, 15) is 4.79 Å². The fourth-order valence-electron chi connectivity index (χ4n) is 3.37. The van der Waals surface area contributed by atoms with E-state index in [1.807, 2.05) is 53.1 Å². The second-order valence-corrected chi connectivity index (χ2v) is 8.01. The van der Waals surface area contributed by atoms with Crippen molar-refractivity contribution in [2.75, 3.05) is 32.1 Å². The Morgan fingerprint density at radius 1 is 1.08 bits per heavy atom. The highest BCUT2D eigenvalue weighted by Gasteiger charge is 2.27. The maximum Gasteiger partial charge on any atom is 0.257 e. The normalized spacial score (nSPS) is 19.7. The summed E-state index contributed by atoms with van der Waals surface area (Å²) < 4.78 is 11.3.